The number of fused-ring (bicyclic) bond motifs is 1. The molecule has 80 valence electrons. The van der Waals surface area contributed by atoms with E-state index < -0.39 is 0 Å². The normalized spacial score (nSPS) is 32.1. The van der Waals surface area contributed by atoms with Crippen LogP contribution in [-0.4, -0.2) is 49.2 Å². The molecule has 4 heteroatoms. The minimum absolute atomic E-state index is 0.0927. The quantitative estimate of drug-likeness (QED) is 0.636. The topological polar surface area (TPSA) is 41.6 Å². The minimum Gasteiger partial charge on any atom is -0.373 e. The van der Waals surface area contributed by atoms with E-state index in [-0.39, 0.29) is 17.9 Å². The molecule has 0 aliphatic carbocycles. The van der Waals surface area contributed by atoms with Gasteiger partial charge in [-0.1, -0.05) is 13.8 Å². The highest BCUT2D eigenvalue weighted by Gasteiger charge is 2.37. The maximum atomic E-state index is 11.7. The number of hydrogen-bond acceptors (Lipinski definition) is 3. The van der Waals surface area contributed by atoms with E-state index in [0.717, 1.165) is 26.2 Å². The summed E-state index contributed by atoms with van der Waals surface area (Å²) in [5.41, 5.74) is 0. The van der Waals surface area contributed by atoms with Crippen molar-refractivity contribution >= 4 is 5.91 Å². The third kappa shape index (κ3) is 1.77. The van der Waals surface area contributed by atoms with Gasteiger partial charge in [-0.15, -0.1) is 0 Å². The highest BCUT2D eigenvalue weighted by atomic mass is 16.5. The molecular formula is C10H18N2O2. The SMILES string of the molecule is CC(C)C(=O)N1CC2NCCO[C@@H]2C1. The monoisotopic (exact) mass is 198 g/mol. The Morgan fingerprint density at radius 2 is 2.29 bits per heavy atom. The Hall–Kier alpha value is -0.610. The summed E-state index contributed by atoms with van der Waals surface area (Å²) >= 11 is 0. The van der Waals surface area contributed by atoms with E-state index >= 15 is 0 Å². The molecule has 0 aromatic rings. The first-order chi connectivity index (χ1) is 6.68. The number of morpholine rings is 1. The van der Waals surface area contributed by atoms with Crippen molar-refractivity contribution in [3.05, 3.63) is 0 Å². The highest BCUT2D eigenvalue weighted by Crippen LogP contribution is 2.18. The Balaban J connectivity index is 1.95. The van der Waals surface area contributed by atoms with E-state index in [2.05, 4.69) is 5.32 Å². The van der Waals surface area contributed by atoms with E-state index in [1.807, 2.05) is 18.7 Å². The van der Waals surface area contributed by atoms with Gasteiger partial charge < -0.3 is 15.0 Å². The predicted octanol–water partition coefficient (Wildman–Crippen LogP) is -0.158. The number of ether oxygens (including phenoxy) is 1. The molecule has 0 saturated carbocycles. The van der Waals surface area contributed by atoms with Gasteiger partial charge in [0.05, 0.1) is 18.8 Å². The molecule has 2 aliphatic heterocycles. The Bertz CT molecular complexity index is 216. The van der Waals surface area contributed by atoms with Crippen molar-refractivity contribution in [3.8, 4) is 0 Å². The van der Waals surface area contributed by atoms with E-state index in [1.165, 1.54) is 0 Å². The van der Waals surface area contributed by atoms with Crippen LogP contribution in [-0.2, 0) is 9.53 Å². The zero-order chi connectivity index (χ0) is 10.1. The first kappa shape index (κ1) is 9.93. The molecule has 14 heavy (non-hydrogen) atoms. The van der Waals surface area contributed by atoms with Gasteiger partial charge in [0.15, 0.2) is 0 Å². The smallest absolute Gasteiger partial charge is 0.225 e. The number of nitrogens with one attached hydrogen (secondary N) is 1. The molecule has 2 saturated heterocycles. The summed E-state index contributed by atoms with van der Waals surface area (Å²) in [5.74, 6) is 0.333. The number of carbonyl (C=O) groups excluding carboxylic acids is 1. The predicted molar refractivity (Wildman–Crippen MR) is 52.9 cm³/mol. The molecule has 1 unspecified atom stereocenters. The maximum Gasteiger partial charge on any atom is 0.225 e. The number of rotatable bonds is 1. The van der Waals surface area contributed by atoms with Gasteiger partial charge >= 0.3 is 0 Å². The summed E-state index contributed by atoms with van der Waals surface area (Å²) in [6.07, 6.45) is 0.214. The van der Waals surface area contributed by atoms with E-state index in [0.29, 0.717) is 6.04 Å². The molecule has 0 radical (unpaired) electrons. The lowest BCUT2D eigenvalue weighted by molar-refractivity contribution is -0.133. The third-order valence-corrected chi connectivity index (χ3v) is 2.91. The number of amides is 1. The molecule has 4 nitrogen and oxygen atoms in total. The van der Waals surface area contributed by atoms with Crippen molar-refractivity contribution in [2.24, 2.45) is 5.92 Å². The van der Waals surface area contributed by atoms with E-state index in [4.69, 9.17) is 4.74 Å². The molecule has 1 N–H and O–H groups in total. The summed E-state index contributed by atoms with van der Waals surface area (Å²) < 4.78 is 5.61. The second-order valence-electron chi connectivity index (χ2n) is 4.37. The lowest BCUT2D eigenvalue weighted by Crippen LogP contribution is -2.47. The van der Waals surface area contributed by atoms with Crippen molar-refractivity contribution < 1.29 is 9.53 Å². The lowest BCUT2D eigenvalue weighted by Gasteiger charge is -2.25. The van der Waals surface area contributed by atoms with Crippen LogP contribution in [0, 0.1) is 5.92 Å². The molecule has 0 aromatic carbocycles. The molecule has 2 heterocycles. The van der Waals surface area contributed by atoms with Crippen molar-refractivity contribution in [3.63, 3.8) is 0 Å². The first-order valence-corrected chi connectivity index (χ1v) is 5.32. The molecule has 2 fully saturated rings. The summed E-state index contributed by atoms with van der Waals surface area (Å²) in [7, 11) is 0. The van der Waals surface area contributed by atoms with Crippen LogP contribution in [0.1, 0.15) is 13.8 Å². The molecule has 2 rings (SSSR count). The molecule has 1 amide bonds. The van der Waals surface area contributed by atoms with Gasteiger partial charge in [-0.3, -0.25) is 4.79 Å². The fourth-order valence-electron chi connectivity index (χ4n) is 2.14. The van der Waals surface area contributed by atoms with Gasteiger partial charge in [-0.25, -0.2) is 0 Å². The van der Waals surface area contributed by atoms with Gasteiger partial charge in [-0.2, -0.15) is 0 Å². The van der Waals surface area contributed by atoms with Crippen molar-refractivity contribution in [2.45, 2.75) is 26.0 Å². The van der Waals surface area contributed by atoms with E-state index in [1.54, 1.807) is 0 Å². The van der Waals surface area contributed by atoms with Crippen LogP contribution in [0.2, 0.25) is 0 Å². The summed E-state index contributed by atoms with van der Waals surface area (Å²) in [4.78, 5) is 13.6. The number of carbonyl (C=O) groups is 1. The average molecular weight is 198 g/mol. The Labute approximate surface area is 84.6 Å². The fraction of sp³-hybridized carbons (Fsp3) is 0.900. The average Bonchev–Trinajstić information content (AvgIpc) is 2.59. The van der Waals surface area contributed by atoms with Crippen LogP contribution in [0.25, 0.3) is 0 Å². The zero-order valence-electron chi connectivity index (χ0n) is 8.82. The minimum atomic E-state index is 0.0927. The van der Waals surface area contributed by atoms with Crippen LogP contribution in [0.3, 0.4) is 0 Å². The van der Waals surface area contributed by atoms with Crippen LogP contribution < -0.4 is 5.32 Å². The van der Waals surface area contributed by atoms with Crippen LogP contribution >= 0.6 is 0 Å². The van der Waals surface area contributed by atoms with Crippen LogP contribution in [0.5, 0.6) is 0 Å². The summed E-state index contributed by atoms with van der Waals surface area (Å²) in [5, 5.41) is 3.39. The summed E-state index contributed by atoms with van der Waals surface area (Å²) in [6, 6.07) is 0.353. The third-order valence-electron chi connectivity index (χ3n) is 2.91. The number of nitrogens with zero attached hydrogens (tertiary/aromatic N) is 1. The standard InChI is InChI=1S/C10H18N2O2/c1-7(2)10(13)12-5-8-9(6-12)14-4-3-11-8/h7-9,11H,3-6H2,1-2H3/t8?,9-/m1/s1. The van der Waals surface area contributed by atoms with Crippen molar-refractivity contribution in [2.75, 3.05) is 26.2 Å². The molecule has 2 aliphatic rings. The molecule has 2 atom stereocenters. The van der Waals surface area contributed by atoms with Gasteiger partial charge in [-0.05, 0) is 0 Å². The Morgan fingerprint density at radius 3 is 2.93 bits per heavy atom. The molecule has 0 spiro atoms. The van der Waals surface area contributed by atoms with Crippen molar-refractivity contribution in [1.29, 1.82) is 0 Å². The van der Waals surface area contributed by atoms with Gasteiger partial charge in [0.25, 0.3) is 0 Å². The second kappa shape index (κ2) is 3.87. The Morgan fingerprint density at radius 1 is 1.50 bits per heavy atom. The van der Waals surface area contributed by atoms with Crippen LogP contribution in [0.4, 0.5) is 0 Å². The highest BCUT2D eigenvalue weighted by molar-refractivity contribution is 5.78. The molecule has 0 aromatic heterocycles. The van der Waals surface area contributed by atoms with Gasteiger partial charge in [0.2, 0.25) is 5.91 Å². The fourth-order valence-corrected chi connectivity index (χ4v) is 2.14. The van der Waals surface area contributed by atoms with Gasteiger partial charge in [0, 0.05) is 25.6 Å². The zero-order valence-corrected chi connectivity index (χ0v) is 8.82. The maximum absolute atomic E-state index is 11.7. The van der Waals surface area contributed by atoms with Gasteiger partial charge in [0.1, 0.15) is 0 Å². The first-order valence-electron chi connectivity index (χ1n) is 5.32. The Kier molecular flexibility index (Phi) is 2.74. The van der Waals surface area contributed by atoms with E-state index in [9.17, 15) is 4.79 Å². The second-order valence-corrected chi connectivity index (χ2v) is 4.37. The number of hydrogen-bond donors (Lipinski definition) is 1. The number of likely N-dealkylation sites (tertiary alicyclic amines) is 1. The van der Waals surface area contributed by atoms with Crippen LogP contribution in [0.15, 0.2) is 0 Å². The molecular weight excluding hydrogens is 180 g/mol. The lowest BCUT2D eigenvalue weighted by atomic mass is 10.2. The largest absolute Gasteiger partial charge is 0.373 e. The molecule has 0 bridgehead atoms. The van der Waals surface area contributed by atoms with Crippen molar-refractivity contribution in [1.82, 2.24) is 10.2 Å². The summed E-state index contributed by atoms with van der Waals surface area (Å²) in [6.45, 7) is 7.13.